The van der Waals surface area contributed by atoms with Crippen LogP contribution < -0.4 is 9.64 Å². The Labute approximate surface area is 161 Å². The van der Waals surface area contributed by atoms with Crippen molar-refractivity contribution in [1.82, 2.24) is 4.90 Å². The highest BCUT2D eigenvalue weighted by molar-refractivity contribution is 5.77. The molecule has 2 aliphatic rings. The highest BCUT2D eigenvalue weighted by atomic mass is 16.5. The van der Waals surface area contributed by atoms with Gasteiger partial charge in [-0.2, -0.15) is 0 Å². The summed E-state index contributed by atoms with van der Waals surface area (Å²) >= 11 is 0. The molecule has 1 heterocycles. The normalized spacial score (nSPS) is 15.7. The molecular formula is C23H28N2O2. The quantitative estimate of drug-likeness (QED) is 0.781. The number of carbonyl (C=O) groups is 1. The molecule has 4 heteroatoms. The van der Waals surface area contributed by atoms with E-state index < -0.39 is 0 Å². The maximum absolute atomic E-state index is 12.6. The van der Waals surface area contributed by atoms with Gasteiger partial charge in [0.1, 0.15) is 5.75 Å². The number of likely N-dealkylation sites (N-methyl/N-ethyl adjacent to an activating group) is 1. The van der Waals surface area contributed by atoms with Crippen molar-refractivity contribution in [2.45, 2.75) is 38.6 Å². The van der Waals surface area contributed by atoms with Crippen LogP contribution in [0.1, 0.15) is 36.0 Å². The number of carbonyl (C=O) groups excluding carboxylic acids is 1. The summed E-state index contributed by atoms with van der Waals surface area (Å²) in [7, 11) is 1.86. The molecule has 27 heavy (non-hydrogen) atoms. The monoisotopic (exact) mass is 364 g/mol. The van der Waals surface area contributed by atoms with Gasteiger partial charge in [0.15, 0.2) is 6.61 Å². The SMILES string of the molecule is CN(Cc1ccccc1N1CCCC1)C(=O)COc1ccc2c(c1)CCC2. The van der Waals surface area contributed by atoms with E-state index >= 15 is 0 Å². The Morgan fingerprint density at radius 1 is 1.04 bits per heavy atom. The smallest absolute Gasteiger partial charge is 0.260 e. The van der Waals surface area contributed by atoms with Gasteiger partial charge in [-0.1, -0.05) is 24.3 Å². The number of hydrogen-bond acceptors (Lipinski definition) is 3. The molecule has 0 atom stereocenters. The van der Waals surface area contributed by atoms with Gasteiger partial charge in [-0.3, -0.25) is 4.79 Å². The number of hydrogen-bond donors (Lipinski definition) is 0. The first-order chi connectivity index (χ1) is 13.2. The van der Waals surface area contributed by atoms with Gasteiger partial charge in [0.2, 0.25) is 0 Å². The van der Waals surface area contributed by atoms with E-state index in [0.717, 1.165) is 31.7 Å². The largest absolute Gasteiger partial charge is 0.484 e. The zero-order valence-corrected chi connectivity index (χ0v) is 16.1. The predicted molar refractivity (Wildman–Crippen MR) is 108 cm³/mol. The molecule has 2 aromatic rings. The second kappa shape index (κ2) is 8.03. The topological polar surface area (TPSA) is 32.8 Å². The Kier molecular flexibility index (Phi) is 5.33. The lowest BCUT2D eigenvalue weighted by Gasteiger charge is -2.24. The number of aryl methyl sites for hydroxylation is 2. The Morgan fingerprint density at radius 2 is 1.81 bits per heavy atom. The van der Waals surface area contributed by atoms with Crippen molar-refractivity contribution < 1.29 is 9.53 Å². The summed E-state index contributed by atoms with van der Waals surface area (Å²) in [5, 5.41) is 0. The van der Waals surface area contributed by atoms with E-state index in [9.17, 15) is 4.79 Å². The van der Waals surface area contributed by atoms with Gasteiger partial charge in [0, 0.05) is 32.4 Å². The van der Waals surface area contributed by atoms with Crippen LogP contribution in [0, 0.1) is 0 Å². The van der Waals surface area contributed by atoms with Crippen LogP contribution in [0.15, 0.2) is 42.5 Å². The molecule has 0 radical (unpaired) electrons. The molecule has 0 N–H and O–H groups in total. The Bertz CT molecular complexity index is 812. The average molecular weight is 364 g/mol. The van der Waals surface area contributed by atoms with Crippen molar-refractivity contribution in [3.63, 3.8) is 0 Å². The zero-order valence-electron chi connectivity index (χ0n) is 16.1. The molecule has 0 aromatic heterocycles. The van der Waals surface area contributed by atoms with Crippen molar-refractivity contribution in [2.75, 3.05) is 31.6 Å². The lowest BCUT2D eigenvalue weighted by Crippen LogP contribution is -2.31. The van der Waals surface area contributed by atoms with E-state index in [4.69, 9.17) is 4.74 Å². The van der Waals surface area contributed by atoms with Crippen LogP contribution in [0.3, 0.4) is 0 Å². The summed E-state index contributed by atoms with van der Waals surface area (Å²) in [6.45, 7) is 2.91. The van der Waals surface area contributed by atoms with E-state index in [0.29, 0.717) is 6.54 Å². The summed E-state index contributed by atoms with van der Waals surface area (Å²) in [6, 6.07) is 14.6. The van der Waals surface area contributed by atoms with Gasteiger partial charge in [-0.05, 0) is 67.0 Å². The minimum Gasteiger partial charge on any atom is -0.484 e. The van der Waals surface area contributed by atoms with Crippen molar-refractivity contribution in [3.05, 3.63) is 59.2 Å². The summed E-state index contributed by atoms with van der Waals surface area (Å²) < 4.78 is 5.78. The van der Waals surface area contributed by atoms with Crippen molar-refractivity contribution in [3.8, 4) is 5.75 Å². The van der Waals surface area contributed by atoms with Gasteiger partial charge in [0.05, 0.1) is 0 Å². The molecule has 1 amide bonds. The number of amides is 1. The Hall–Kier alpha value is -2.49. The molecule has 142 valence electrons. The van der Waals surface area contributed by atoms with Gasteiger partial charge >= 0.3 is 0 Å². The third-order valence-corrected chi connectivity index (χ3v) is 5.70. The van der Waals surface area contributed by atoms with Gasteiger partial charge < -0.3 is 14.5 Å². The van der Waals surface area contributed by atoms with Crippen LogP contribution in [0.4, 0.5) is 5.69 Å². The number of benzene rings is 2. The number of para-hydroxylation sites is 1. The number of rotatable bonds is 6. The van der Waals surface area contributed by atoms with Crippen LogP contribution in [0.25, 0.3) is 0 Å². The number of fused-ring (bicyclic) bond motifs is 1. The average Bonchev–Trinajstić information content (AvgIpc) is 3.37. The number of anilines is 1. The van der Waals surface area contributed by atoms with Crippen molar-refractivity contribution in [2.24, 2.45) is 0 Å². The molecule has 0 spiro atoms. The molecule has 0 bridgehead atoms. The Balaban J connectivity index is 1.36. The molecule has 4 nitrogen and oxygen atoms in total. The first-order valence-electron chi connectivity index (χ1n) is 10.0. The molecule has 1 aliphatic carbocycles. The fourth-order valence-corrected chi connectivity index (χ4v) is 4.15. The minimum atomic E-state index is 0.00623. The third kappa shape index (κ3) is 4.10. The number of nitrogens with zero attached hydrogens (tertiary/aromatic N) is 2. The van der Waals surface area contributed by atoms with E-state index in [1.807, 2.05) is 19.2 Å². The van der Waals surface area contributed by atoms with Crippen LogP contribution in [-0.2, 0) is 24.2 Å². The van der Waals surface area contributed by atoms with Gasteiger partial charge in [0.25, 0.3) is 5.91 Å². The summed E-state index contributed by atoms with van der Waals surface area (Å²) in [4.78, 5) is 16.8. The van der Waals surface area contributed by atoms with Crippen LogP contribution in [-0.4, -0.2) is 37.6 Å². The lowest BCUT2D eigenvalue weighted by molar-refractivity contribution is -0.132. The zero-order chi connectivity index (χ0) is 18.6. The highest BCUT2D eigenvalue weighted by Gasteiger charge is 2.18. The fourth-order valence-electron chi connectivity index (χ4n) is 4.15. The second-order valence-corrected chi connectivity index (χ2v) is 7.65. The molecule has 1 fully saturated rings. The standard InChI is InChI=1S/C23H28N2O2/c1-24(16-20-7-2-3-10-22(20)25-13-4-5-14-25)23(26)17-27-21-12-11-18-8-6-9-19(18)15-21/h2-3,7,10-12,15H,4-6,8-9,13-14,16-17H2,1H3. The summed E-state index contributed by atoms with van der Waals surface area (Å²) in [5.74, 6) is 0.807. The van der Waals surface area contributed by atoms with Crippen molar-refractivity contribution >= 4 is 11.6 Å². The first-order valence-corrected chi connectivity index (χ1v) is 10.0. The minimum absolute atomic E-state index is 0.00623. The molecular weight excluding hydrogens is 336 g/mol. The van der Waals surface area contributed by atoms with Crippen LogP contribution >= 0.6 is 0 Å². The van der Waals surface area contributed by atoms with Crippen molar-refractivity contribution in [1.29, 1.82) is 0 Å². The van der Waals surface area contributed by atoms with Gasteiger partial charge in [-0.25, -0.2) is 0 Å². The van der Waals surface area contributed by atoms with E-state index in [1.165, 1.54) is 41.6 Å². The Morgan fingerprint density at radius 3 is 2.67 bits per heavy atom. The molecule has 0 unspecified atom stereocenters. The summed E-state index contributed by atoms with van der Waals surface area (Å²) in [5.41, 5.74) is 5.25. The number of ether oxygens (including phenoxy) is 1. The molecule has 4 rings (SSSR count). The second-order valence-electron chi connectivity index (χ2n) is 7.65. The maximum atomic E-state index is 12.6. The molecule has 1 aliphatic heterocycles. The van der Waals surface area contributed by atoms with E-state index in [-0.39, 0.29) is 12.5 Å². The highest BCUT2D eigenvalue weighted by Crippen LogP contribution is 2.27. The third-order valence-electron chi connectivity index (χ3n) is 5.70. The van der Waals surface area contributed by atoms with Crippen LogP contribution in [0.2, 0.25) is 0 Å². The fraction of sp³-hybridized carbons (Fsp3) is 0.435. The first kappa shape index (κ1) is 17.9. The summed E-state index contributed by atoms with van der Waals surface area (Å²) in [6.07, 6.45) is 5.99. The maximum Gasteiger partial charge on any atom is 0.260 e. The van der Waals surface area contributed by atoms with E-state index in [1.54, 1.807) is 4.90 Å². The van der Waals surface area contributed by atoms with E-state index in [2.05, 4.69) is 35.2 Å². The molecule has 2 aromatic carbocycles. The predicted octanol–water partition coefficient (Wildman–Crippen LogP) is 3.81. The lowest BCUT2D eigenvalue weighted by atomic mass is 10.1. The van der Waals surface area contributed by atoms with Gasteiger partial charge in [-0.15, -0.1) is 0 Å². The molecule has 1 saturated heterocycles. The van der Waals surface area contributed by atoms with Crippen LogP contribution in [0.5, 0.6) is 5.75 Å². The molecule has 0 saturated carbocycles.